The zero-order chi connectivity index (χ0) is 15.4. The van der Waals surface area contributed by atoms with Crippen molar-refractivity contribution in [1.29, 1.82) is 0 Å². The van der Waals surface area contributed by atoms with Crippen LogP contribution in [0.4, 0.5) is 0 Å². The van der Waals surface area contributed by atoms with Crippen molar-refractivity contribution in [3.8, 4) is 0 Å². The van der Waals surface area contributed by atoms with Crippen molar-refractivity contribution in [2.75, 3.05) is 13.6 Å². The largest absolute Gasteiger partial charge is 0.324 e. The van der Waals surface area contributed by atoms with Crippen molar-refractivity contribution >= 4 is 54.8 Å². The molecule has 114 valence electrons. The zero-order valence-corrected chi connectivity index (χ0v) is 16.4. The van der Waals surface area contributed by atoms with E-state index in [1.165, 1.54) is 9.35 Å². The summed E-state index contributed by atoms with van der Waals surface area (Å²) in [7, 11) is 2.11. The van der Waals surface area contributed by atoms with E-state index in [0.717, 1.165) is 34.6 Å². The van der Waals surface area contributed by atoms with Gasteiger partial charge in [0.25, 0.3) is 0 Å². The quantitative estimate of drug-likeness (QED) is 0.632. The number of thiophene rings is 1. The van der Waals surface area contributed by atoms with Gasteiger partial charge in [0.2, 0.25) is 0 Å². The maximum absolute atomic E-state index is 6.26. The summed E-state index contributed by atoms with van der Waals surface area (Å²) in [6.45, 7) is 1.86. The first kappa shape index (κ1) is 17.4. The molecule has 0 radical (unpaired) electrons. The Kier molecular flexibility index (Phi) is 6.72. The summed E-state index contributed by atoms with van der Waals surface area (Å²) in [5.74, 6) is 0. The molecular weight excluding hydrogens is 436 g/mol. The van der Waals surface area contributed by atoms with Crippen LogP contribution >= 0.6 is 54.8 Å². The highest BCUT2D eigenvalue weighted by atomic mass is 79.9. The summed E-state index contributed by atoms with van der Waals surface area (Å²) < 4.78 is 2.15. The van der Waals surface area contributed by atoms with Crippen LogP contribution in [0.2, 0.25) is 5.02 Å². The average molecular weight is 453 g/mol. The molecule has 0 bridgehead atoms. The standard InChI is InChI=1S/C15H17Br2ClN2S/c1-20(8-10-6-15(17)21-9-10)5-4-14(19)12-3-2-11(16)7-13(12)18/h2-3,6-7,9,14H,4-5,8,19H2,1H3. The molecule has 0 aliphatic heterocycles. The highest BCUT2D eigenvalue weighted by Crippen LogP contribution is 2.27. The minimum Gasteiger partial charge on any atom is -0.324 e. The molecule has 2 nitrogen and oxygen atoms in total. The summed E-state index contributed by atoms with van der Waals surface area (Å²) in [5, 5.41) is 2.90. The van der Waals surface area contributed by atoms with Gasteiger partial charge in [-0.15, -0.1) is 11.3 Å². The van der Waals surface area contributed by atoms with Gasteiger partial charge in [0.15, 0.2) is 0 Å². The molecule has 0 saturated heterocycles. The third-order valence-corrected chi connectivity index (χ3v) is 5.63. The Labute approximate surface area is 151 Å². The predicted octanol–water partition coefficient (Wildman–Crippen LogP) is 5.45. The topological polar surface area (TPSA) is 29.3 Å². The highest BCUT2D eigenvalue weighted by molar-refractivity contribution is 9.11. The molecule has 1 aromatic carbocycles. The third kappa shape index (κ3) is 5.34. The third-order valence-electron chi connectivity index (χ3n) is 3.26. The lowest BCUT2D eigenvalue weighted by Gasteiger charge is -2.20. The van der Waals surface area contributed by atoms with Gasteiger partial charge in [-0.05, 0) is 70.6 Å². The van der Waals surface area contributed by atoms with Crippen molar-refractivity contribution in [2.24, 2.45) is 5.73 Å². The van der Waals surface area contributed by atoms with E-state index in [4.69, 9.17) is 17.3 Å². The first-order chi connectivity index (χ1) is 9.95. The lowest BCUT2D eigenvalue weighted by atomic mass is 10.0. The second-order valence-corrected chi connectivity index (χ2v) is 8.67. The fourth-order valence-corrected chi connectivity index (χ4v) is 4.15. The van der Waals surface area contributed by atoms with Crippen LogP contribution in [-0.4, -0.2) is 18.5 Å². The van der Waals surface area contributed by atoms with E-state index in [0.29, 0.717) is 0 Å². The van der Waals surface area contributed by atoms with E-state index in [1.807, 2.05) is 18.2 Å². The van der Waals surface area contributed by atoms with Crippen LogP contribution in [-0.2, 0) is 6.54 Å². The molecule has 1 aromatic heterocycles. The van der Waals surface area contributed by atoms with E-state index < -0.39 is 0 Å². The second kappa shape index (κ2) is 8.09. The Bertz CT molecular complexity index is 603. The molecule has 0 spiro atoms. The SMILES string of the molecule is CN(CCC(N)c1ccc(Br)cc1Cl)Cc1csc(Br)c1. The van der Waals surface area contributed by atoms with Crippen molar-refractivity contribution in [3.63, 3.8) is 0 Å². The summed E-state index contributed by atoms with van der Waals surface area (Å²) in [6, 6.07) is 7.99. The smallest absolute Gasteiger partial charge is 0.0701 e. The molecule has 1 heterocycles. The van der Waals surface area contributed by atoms with Crippen LogP contribution in [0, 0.1) is 0 Å². The monoisotopic (exact) mass is 450 g/mol. The Balaban J connectivity index is 1.86. The molecule has 2 N–H and O–H groups in total. The Morgan fingerprint density at radius 1 is 1.33 bits per heavy atom. The van der Waals surface area contributed by atoms with Crippen molar-refractivity contribution in [2.45, 2.75) is 19.0 Å². The van der Waals surface area contributed by atoms with Crippen molar-refractivity contribution in [3.05, 3.63) is 54.1 Å². The Hall–Kier alpha value is 0.0900. The number of hydrogen-bond acceptors (Lipinski definition) is 3. The number of halogens is 3. The lowest BCUT2D eigenvalue weighted by molar-refractivity contribution is 0.312. The van der Waals surface area contributed by atoms with Crippen LogP contribution in [0.5, 0.6) is 0 Å². The number of rotatable bonds is 6. The zero-order valence-electron chi connectivity index (χ0n) is 11.7. The molecule has 21 heavy (non-hydrogen) atoms. The summed E-state index contributed by atoms with van der Waals surface area (Å²) in [6.07, 6.45) is 0.878. The normalized spacial score (nSPS) is 12.9. The van der Waals surface area contributed by atoms with Crippen molar-refractivity contribution in [1.82, 2.24) is 4.90 Å². The summed E-state index contributed by atoms with van der Waals surface area (Å²) in [5.41, 5.74) is 8.59. The highest BCUT2D eigenvalue weighted by Gasteiger charge is 2.12. The molecule has 0 aliphatic carbocycles. The predicted molar refractivity (Wildman–Crippen MR) is 99.1 cm³/mol. The van der Waals surface area contributed by atoms with Gasteiger partial charge < -0.3 is 10.6 Å². The molecule has 1 unspecified atom stereocenters. The number of nitrogens with zero attached hydrogens (tertiary/aromatic N) is 1. The molecule has 2 aromatic rings. The van der Waals surface area contributed by atoms with Gasteiger partial charge in [-0.1, -0.05) is 33.6 Å². The van der Waals surface area contributed by atoms with E-state index in [1.54, 1.807) is 11.3 Å². The molecule has 1 atom stereocenters. The van der Waals surface area contributed by atoms with Gasteiger partial charge in [0.05, 0.1) is 3.79 Å². The van der Waals surface area contributed by atoms with Crippen LogP contribution in [0.3, 0.4) is 0 Å². The van der Waals surface area contributed by atoms with Crippen LogP contribution in [0.25, 0.3) is 0 Å². The van der Waals surface area contributed by atoms with E-state index >= 15 is 0 Å². The fraction of sp³-hybridized carbons (Fsp3) is 0.333. The van der Waals surface area contributed by atoms with Crippen LogP contribution in [0.1, 0.15) is 23.6 Å². The first-order valence-corrected chi connectivity index (χ1v) is 9.42. The Morgan fingerprint density at radius 3 is 2.71 bits per heavy atom. The average Bonchev–Trinajstić information content (AvgIpc) is 2.81. The van der Waals surface area contributed by atoms with E-state index in [9.17, 15) is 0 Å². The lowest BCUT2D eigenvalue weighted by Crippen LogP contribution is -2.23. The minimum atomic E-state index is -0.0396. The van der Waals surface area contributed by atoms with Gasteiger partial charge in [0, 0.05) is 22.1 Å². The van der Waals surface area contributed by atoms with Gasteiger partial charge in [0.1, 0.15) is 0 Å². The number of hydrogen-bond donors (Lipinski definition) is 1. The molecule has 0 saturated carbocycles. The fourth-order valence-electron chi connectivity index (χ4n) is 2.14. The van der Waals surface area contributed by atoms with Crippen LogP contribution in [0.15, 0.2) is 37.9 Å². The molecule has 0 aliphatic rings. The molecular formula is C15H17Br2ClN2S. The second-order valence-electron chi connectivity index (χ2n) is 5.06. The van der Waals surface area contributed by atoms with Gasteiger partial charge >= 0.3 is 0 Å². The van der Waals surface area contributed by atoms with Gasteiger partial charge in [-0.25, -0.2) is 0 Å². The van der Waals surface area contributed by atoms with Gasteiger partial charge in [-0.3, -0.25) is 0 Å². The molecule has 0 amide bonds. The first-order valence-electron chi connectivity index (χ1n) is 6.57. The molecule has 0 fully saturated rings. The van der Waals surface area contributed by atoms with Gasteiger partial charge in [-0.2, -0.15) is 0 Å². The molecule has 2 rings (SSSR count). The van der Waals surface area contributed by atoms with Crippen molar-refractivity contribution < 1.29 is 0 Å². The number of benzene rings is 1. The maximum atomic E-state index is 6.26. The van der Waals surface area contributed by atoms with E-state index in [-0.39, 0.29) is 6.04 Å². The van der Waals surface area contributed by atoms with E-state index in [2.05, 4.69) is 55.3 Å². The maximum Gasteiger partial charge on any atom is 0.0701 e. The number of nitrogens with two attached hydrogens (primary N) is 1. The van der Waals surface area contributed by atoms with Crippen LogP contribution < -0.4 is 5.73 Å². The summed E-state index contributed by atoms with van der Waals surface area (Å²) in [4.78, 5) is 2.28. The minimum absolute atomic E-state index is 0.0396. The molecule has 6 heteroatoms. The summed E-state index contributed by atoms with van der Waals surface area (Å²) >= 11 is 14.9. The Morgan fingerprint density at radius 2 is 2.10 bits per heavy atom.